The second kappa shape index (κ2) is 5.78. The fourth-order valence-corrected chi connectivity index (χ4v) is 3.27. The number of rotatable bonds is 4. The molecule has 0 spiro atoms. The number of ether oxygens (including phenoxy) is 1. The van der Waals surface area contributed by atoms with Crippen LogP contribution in [0.5, 0.6) is 0 Å². The van der Waals surface area contributed by atoms with Crippen LogP contribution < -0.4 is 16.8 Å². The van der Waals surface area contributed by atoms with Gasteiger partial charge in [-0.25, -0.2) is 4.98 Å². The Balaban J connectivity index is 2.02. The van der Waals surface area contributed by atoms with Crippen molar-refractivity contribution in [2.75, 3.05) is 12.3 Å². The SMILES string of the molecule is C[C@]1(n2cnc3c(=O)[nH]c(N)nc32)C[C@H](OP(N)O)[C@@H](CO)O1. The number of imidazole rings is 1. The predicted octanol–water partition coefficient (Wildman–Crippen LogP) is -1.28. The molecule has 0 aromatic carbocycles. The van der Waals surface area contributed by atoms with Gasteiger partial charge in [-0.1, -0.05) is 0 Å². The van der Waals surface area contributed by atoms with Gasteiger partial charge in [-0.15, -0.1) is 0 Å². The third kappa shape index (κ3) is 2.82. The lowest BCUT2D eigenvalue weighted by atomic mass is 10.1. The number of nitrogens with two attached hydrogens (primary N) is 2. The van der Waals surface area contributed by atoms with Crippen LogP contribution in [0.1, 0.15) is 13.3 Å². The maximum atomic E-state index is 11.9. The molecule has 23 heavy (non-hydrogen) atoms. The van der Waals surface area contributed by atoms with Crippen LogP contribution in [0, 0.1) is 0 Å². The van der Waals surface area contributed by atoms with Gasteiger partial charge in [0, 0.05) is 6.42 Å². The fraction of sp³-hybridized carbons (Fsp3) is 0.545. The lowest BCUT2D eigenvalue weighted by molar-refractivity contribution is -0.102. The van der Waals surface area contributed by atoms with Crippen molar-refractivity contribution >= 4 is 25.6 Å². The molecular formula is C11H17N6O5P. The first-order valence-electron chi connectivity index (χ1n) is 6.76. The Morgan fingerprint density at radius 3 is 3.09 bits per heavy atom. The van der Waals surface area contributed by atoms with Crippen molar-refractivity contribution in [3.05, 3.63) is 16.7 Å². The lowest BCUT2D eigenvalue weighted by Gasteiger charge is -2.26. The molecular weight excluding hydrogens is 327 g/mol. The monoisotopic (exact) mass is 344 g/mol. The maximum Gasteiger partial charge on any atom is 0.280 e. The predicted molar refractivity (Wildman–Crippen MR) is 81.0 cm³/mol. The first-order chi connectivity index (χ1) is 10.8. The molecule has 4 atom stereocenters. The molecule has 0 aliphatic carbocycles. The summed E-state index contributed by atoms with van der Waals surface area (Å²) in [7, 11) is -2.09. The van der Waals surface area contributed by atoms with E-state index in [1.54, 1.807) is 11.5 Å². The smallest absolute Gasteiger partial charge is 0.280 e. The van der Waals surface area contributed by atoms with E-state index in [1.165, 1.54) is 6.33 Å². The van der Waals surface area contributed by atoms with Crippen LogP contribution in [0.15, 0.2) is 11.1 Å². The van der Waals surface area contributed by atoms with E-state index in [0.29, 0.717) is 0 Å². The zero-order chi connectivity index (χ0) is 16.8. The van der Waals surface area contributed by atoms with Crippen molar-refractivity contribution in [3.8, 4) is 0 Å². The number of H-pyrrole nitrogens is 1. The van der Waals surface area contributed by atoms with E-state index in [0.717, 1.165) is 0 Å². The number of aromatic amines is 1. The Bertz CT molecular complexity index is 778. The number of nitrogens with one attached hydrogen (secondary N) is 1. The first kappa shape index (κ1) is 16.2. The van der Waals surface area contributed by atoms with Gasteiger partial charge in [-0.05, 0) is 6.92 Å². The van der Waals surface area contributed by atoms with Gasteiger partial charge in [-0.3, -0.25) is 19.8 Å². The Hall–Kier alpha value is -1.62. The van der Waals surface area contributed by atoms with Gasteiger partial charge in [0.05, 0.1) is 19.0 Å². The molecule has 1 unspecified atom stereocenters. The van der Waals surface area contributed by atoms with E-state index in [4.69, 9.17) is 20.5 Å². The van der Waals surface area contributed by atoms with E-state index in [2.05, 4.69) is 15.0 Å². The standard InChI is InChI=1S/C11H17N6O5P/c1-11(2-5(22-23(13)20)6(3-18)21-11)17-4-14-7-8(17)15-10(12)16-9(7)19/h4-6,18,20H,2-3,13H2,1H3,(H3,12,15,16,19)/t5-,6+,11+,23?/m0/s1. The molecule has 12 heteroatoms. The number of nitrogens with zero attached hydrogens (tertiary/aromatic N) is 3. The molecule has 1 saturated heterocycles. The number of aliphatic hydroxyl groups excluding tert-OH is 1. The van der Waals surface area contributed by atoms with Crippen LogP contribution >= 0.6 is 8.53 Å². The average molecular weight is 344 g/mol. The summed E-state index contributed by atoms with van der Waals surface area (Å²) < 4.78 is 12.6. The summed E-state index contributed by atoms with van der Waals surface area (Å²) in [6, 6.07) is 0. The van der Waals surface area contributed by atoms with Crippen LogP contribution in [-0.2, 0) is 15.0 Å². The summed E-state index contributed by atoms with van der Waals surface area (Å²) in [5.41, 5.74) is 9.80. The zero-order valence-corrected chi connectivity index (χ0v) is 13.1. The molecule has 2 aromatic heterocycles. The summed E-state index contributed by atoms with van der Waals surface area (Å²) in [5, 5.41) is 9.44. The Labute approximate surface area is 131 Å². The van der Waals surface area contributed by atoms with Crippen molar-refractivity contribution in [1.82, 2.24) is 19.5 Å². The minimum Gasteiger partial charge on any atom is -0.394 e. The van der Waals surface area contributed by atoms with E-state index in [1.807, 2.05) is 0 Å². The van der Waals surface area contributed by atoms with Crippen molar-refractivity contribution in [2.45, 2.75) is 31.3 Å². The van der Waals surface area contributed by atoms with Crippen molar-refractivity contribution in [1.29, 1.82) is 0 Å². The van der Waals surface area contributed by atoms with Gasteiger partial charge in [-0.2, -0.15) is 4.98 Å². The number of fused-ring (bicyclic) bond motifs is 1. The number of anilines is 1. The number of aliphatic hydroxyl groups is 1. The molecule has 126 valence electrons. The molecule has 0 radical (unpaired) electrons. The summed E-state index contributed by atoms with van der Waals surface area (Å²) in [5.74, 6) is -0.0433. The quantitative estimate of drug-likeness (QED) is 0.423. The highest BCUT2D eigenvalue weighted by Gasteiger charge is 2.46. The molecule has 0 amide bonds. The number of aromatic nitrogens is 4. The highest BCUT2D eigenvalue weighted by atomic mass is 31.2. The van der Waals surface area contributed by atoms with E-state index in [-0.39, 0.29) is 30.1 Å². The molecule has 3 heterocycles. The van der Waals surface area contributed by atoms with Crippen molar-refractivity contribution in [2.24, 2.45) is 5.50 Å². The number of hydrogen-bond donors (Lipinski definition) is 5. The van der Waals surface area contributed by atoms with Crippen LogP contribution in [0.4, 0.5) is 5.95 Å². The van der Waals surface area contributed by atoms with E-state index in [9.17, 15) is 14.8 Å². The number of nitrogen functional groups attached to an aromatic ring is 1. The van der Waals surface area contributed by atoms with Gasteiger partial charge in [0.1, 0.15) is 11.8 Å². The minimum absolute atomic E-state index is 0.0433. The molecule has 7 N–H and O–H groups in total. The number of hydrogen-bond acceptors (Lipinski definition) is 9. The normalized spacial score (nSPS) is 29.2. The molecule has 11 nitrogen and oxygen atoms in total. The summed E-state index contributed by atoms with van der Waals surface area (Å²) in [6.07, 6.45) is 0.391. The van der Waals surface area contributed by atoms with Gasteiger partial charge in [0.25, 0.3) is 5.56 Å². The first-order valence-corrected chi connectivity index (χ1v) is 8.04. The van der Waals surface area contributed by atoms with Crippen LogP contribution in [0.25, 0.3) is 11.2 Å². The molecule has 1 aliphatic rings. The van der Waals surface area contributed by atoms with Gasteiger partial charge < -0.3 is 25.0 Å². The minimum atomic E-state index is -2.09. The van der Waals surface area contributed by atoms with Crippen molar-refractivity contribution in [3.63, 3.8) is 0 Å². The maximum absolute atomic E-state index is 11.9. The molecule has 2 aromatic rings. The third-order valence-corrected chi connectivity index (χ3v) is 4.24. The largest absolute Gasteiger partial charge is 0.394 e. The van der Waals surface area contributed by atoms with E-state index >= 15 is 0 Å². The topological polar surface area (TPSA) is 175 Å². The summed E-state index contributed by atoms with van der Waals surface area (Å²) in [4.78, 5) is 31.6. The fourth-order valence-electron chi connectivity index (χ4n) is 2.78. The molecule has 1 fully saturated rings. The molecule has 0 bridgehead atoms. The Morgan fingerprint density at radius 1 is 1.70 bits per heavy atom. The van der Waals surface area contributed by atoms with E-state index < -0.39 is 32.0 Å². The van der Waals surface area contributed by atoms with Crippen LogP contribution in [0.3, 0.4) is 0 Å². The molecule has 3 rings (SSSR count). The second-order valence-electron chi connectivity index (χ2n) is 5.40. The highest BCUT2D eigenvalue weighted by molar-refractivity contribution is 7.43. The second-order valence-corrected chi connectivity index (χ2v) is 6.22. The highest BCUT2D eigenvalue weighted by Crippen LogP contribution is 2.41. The van der Waals surface area contributed by atoms with Gasteiger partial charge >= 0.3 is 0 Å². The van der Waals surface area contributed by atoms with Gasteiger partial charge in [0.15, 0.2) is 11.2 Å². The van der Waals surface area contributed by atoms with Crippen LogP contribution in [-0.4, -0.2) is 48.3 Å². The summed E-state index contributed by atoms with van der Waals surface area (Å²) in [6.45, 7) is 1.42. The molecule has 1 aliphatic heterocycles. The lowest BCUT2D eigenvalue weighted by Crippen LogP contribution is -2.31. The van der Waals surface area contributed by atoms with Crippen molar-refractivity contribution < 1.29 is 19.3 Å². The van der Waals surface area contributed by atoms with Crippen LogP contribution in [0.2, 0.25) is 0 Å². The van der Waals surface area contributed by atoms with Gasteiger partial charge in [0.2, 0.25) is 14.5 Å². The summed E-state index contributed by atoms with van der Waals surface area (Å²) >= 11 is 0. The Morgan fingerprint density at radius 2 is 2.43 bits per heavy atom. The average Bonchev–Trinajstić information content (AvgIpc) is 3.00. The third-order valence-electron chi connectivity index (χ3n) is 3.76. The zero-order valence-electron chi connectivity index (χ0n) is 12.2. The Kier molecular flexibility index (Phi) is 4.08. The molecule has 0 saturated carbocycles.